The zero-order chi connectivity index (χ0) is 19.6. The first-order valence-electron chi connectivity index (χ1n) is 9.55. The molecular weight excluding hydrogens is 348 g/mol. The Balaban J connectivity index is 1.92. The summed E-state index contributed by atoms with van der Waals surface area (Å²) in [6, 6.07) is 6.43. The minimum absolute atomic E-state index is 0.206. The minimum atomic E-state index is -0.878. The Morgan fingerprint density at radius 1 is 1.11 bits per heavy atom. The molecule has 2 unspecified atom stereocenters. The highest BCUT2D eigenvalue weighted by Gasteiger charge is 2.29. The lowest BCUT2D eigenvalue weighted by atomic mass is 9.87. The second-order valence-electron chi connectivity index (χ2n) is 6.72. The van der Waals surface area contributed by atoms with Crippen LogP contribution in [0, 0.1) is 5.92 Å². The average molecular weight is 376 g/mol. The molecule has 1 aliphatic carbocycles. The fourth-order valence-corrected chi connectivity index (χ4v) is 3.40. The highest BCUT2D eigenvalue weighted by molar-refractivity contribution is 5.98. The molecule has 0 saturated heterocycles. The molecule has 0 heterocycles. The quantitative estimate of drug-likeness (QED) is 0.678. The van der Waals surface area contributed by atoms with Crippen LogP contribution >= 0.6 is 0 Å². The van der Waals surface area contributed by atoms with Gasteiger partial charge in [0.2, 0.25) is 5.91 Å². The van der Waals surface area contributed by atoms with Crippen LogP contribution in [0.25, 0.3) is 0 Å². The first kappa shape index (κ1) is 20.7. The zero-order valence-corrected chi connectivity index (χ0v) is 15.7. The van der Waals surface area contributed by atoms with Crippen molar-refractivity contribution in [3.63, 3.8) is 0 Å². The molecule has 0 aromatic heterocycles. The third-order valence-corrected chi connectivity index (χ3v) is 4.77. The fraction of sp³-hybridized carbons (Fsp3) is 0.550. The molecule has 0 aliphatic heterocycles. The number of rotatable bonds is 7. The summed E-state index contributed by atoms with van der Waals surface area (Å²) < 4.78 is 5.43. The first-order chi connectivity index (χ1) is 13.0. The normalized spacial score (nSPS) is 20.0. The third-order valence-electron chi connectivity index (χ3n) is 4.77. The second kappa shape index (κ2) is 10.5. The summed E-state index contributed by atoms with van der Waals surface area (Å²) in [5, 5.41) is 14.8. The lowest BCUT2D eigenvalue weighted by Crippen LogP contribution is -2.47. The van der Waals surface area contributed by atoms with Crippen molar-refractivity contribution in [1.29, 1.82) is 0 Å². The van der Waals surface area contributed by atoms with Crippen molar-refractivity contribution in [3.8, 4) is 5.75 Å². The number of hydrogen-bond acceptors (Lipinski definition) is 4. The Morgan fingerprint density at radius 2 is 1.81 bits per heavy atom. The second-order valence-corrected chi connectivity index (χ2v) is 6.72. The summed E-state index contributed by atoms with van der Waals surface area (Å²) in [5.41, 5.74) is 0.363. The van der Waals surface area contributed by atoms with E-state index in [1.165, 1.54) is 0 Å². The Morgan fingerprint density at radius 3 is 2.52 bits per heavy atom. The van der Waals surface area contributed by atoms with E-state index in [-0.39, 0.29) is 12.5 Å². The van der Waals surface area contributed by atoms with Gasteiger partial charge in [-0.2, -0.15) is 0 Å². The number of carboxylic acids is 1. The maximum absolute atomic E-state index is 12.3. The molecule has 7 heteroatoms. The van der Waals surface area contributed by atoms with Crippen molar-refractivity contribution in [3.05, 3.63) is 29.8 Å². The number of amides is 2. The molecule has 3 N–H and O–H groups in total. The number of carbonyl (C=O) groups excluding carboxylic acids is 2. The van der Waals surface area contributed by atoms with Gasteiger partial charge in [-0.1, -0.05) is 37.8 Å². The van der Waals surface area contributed by atoms with Gasteiger partial charge in [-0.15, -0.1) is 0 Å². The topological polar surface area (TPSA) is 105 Å². The third kappa shape index (κ3) is 6.27. The van der Waals surface area contributed by atoms with Crippen LogP contribution in [0.1, 0.15) is 55.8 Å². The summed E-state index contributed by atoms with van der Waals surface area (Å²) in [6.07, 6.45) is 5.03. The van der Waals surface area contributed by atoms with Crippen molar-refractivity contribution in [2.75, 3.05) is 13.2 Å². The summed E-state index contributed by atoms with van der Waals surface area (Å²) in [5.74, 6) is -1.78. The summed E-state index contributed by atoms with van der Waals surface area (Å²) in [6.45, 7) is 2.06. The molecule has 7 nitrogen and oxygen atoms in total. The van der Waals surface area contributed by atoms with Crippen molar-refractivity contribution in [2.45, 2.75) is 51.5 Å². The van der Waals surface area contributed by atoms with E-state index in [1.54, 1.807) is 24.3 Å². The highest BCUT2D eigenvalue weighted by atomic mass is 16.5. The maximum atomic E-state index is 12.3. The SMILES string of the molecule is CCOc1ccccc1C(=O)NCC(=O)NC1CCCCCCC1C(=O)O. The summed E-state index contributed by atoms with van der Waals surface area (Å²) in [7, 11) is 0. The van der Waals surface area contributed by atoms with E-state index in [9.17, 15) is 19.5 Å². The molecule has 0 radical (unpaired) electrons. The average Bonchev–Trinajstić information content (AvgIpc) is 2.62. The van der Waals surface area contributed by atoms with Gasteiger partial charge in [0.05, 0.1) is 24.6 Å². The van der Waals surface area contributed by atoms with Crippen molar-refractivity contribution in [2.24, 2.45) is 5.92 Å². The van der Waals surface area contributed by atoms with Crippen LogP contribution in [-0.2, 0) is 9.59 Å². The number of nitrogens with one attached hydrogen (secondary N) is 2. The van der Waals surface area contributed by atoms with Crippen molar-refractivity contribution in [1.82, 2.24) is 10.6 Å². The highest BCUT2D eigenvalue weighted by Crippen LogP contribution is 2.23. The number of carbonyl (C=O) groups is 3. The van der Waals surface area contributed by atoms with Gasteiger partial charge in [-0.25, -0.2) is 0 Å². The number of aliphatic carboxylic acids is 1. The van der Waals surface area contributed by atoms with E-state index in [1.807, 2.05) is 6.92 Å². The molecule has 2 amide bonds. The molecule has 1 fully saturated rings. The molecule has 1 aliphatic rings. The van der Waals surface area contributed by atoms with Gasteiger partial charge < -0.3 is 20.5 Å². The molecule has 1 saturated carbocycles. The molecule has 148 valence electrons. The fourth-order valence-electron chi connectivity index (χ4n) is 3.40. The van der Waals surface area contributed by atoms with Gasteiger partial charge >= 0.3 is 5.97 Å². The van der Waals surface area contributed by atoms with Crippen LogP contribution in [0.4, 0.5) is 0 Å². The van der Waals surface area contributed by atoms with E-state index in [0.29, 0.717) is 30.8 Å². The Labute approximate surface area is 159 Å². The molecule has 1 aromatic rings. The summed E-state index contributed by atoms with van der Waals surface area (Å²) >= 11 is 0. The number of hydrogen-bond donors (Lipinski definition) is 3. The monoisotopic (exact) mass is 376 g/mol. The van der Waals surface area contributed by atoms with E-state index in [2.05, 4.69) is 10.6 Å². The van der Waals surface area contributed by atoms with Gasteiger partial charge in [0.25, 0.3) is 5.91 Å². The van der Waals surface area contributed by atoms with E-state index >= 15 is 0 Å². The molecule has 2 atom stereocenters. The van der Waals surface area contributed by atoms with Gasteiger partial charge in [-0.05, 0) is 31.9 Å². The largest absolute Gasteiger partial charge is 0.493 e. The van der Waals surface area contributed by atoms with Gasteiger partial charge in [0.15, 0.2) is 0 Å². The van der Waals surface area contributed by atoms with Gasteiger partial charge in [-0.3, -0.25) is 14.4 Å². The van der Waals surface area contributed by atoms with Gasteiger partial charge in [0.1, 0.15) is 5.75 Å². The molecular formula is C20H28N2O5. The van der Waals surface area contributed by atoms with E-state index < -0.39 is 23.8 Å². The van der Waals surface area contributed by atoms with Crippen LogP contribution in [0.2, 0.25) is 0 Å². The predicted molar refractivity (Wildman–Crippen MR) is 101 cm³/mol. The Kier molecular flexibility index (Phi) is 8.10. The molecule has 0 spiro atoms. The van der Waals surface area contributed by atoms with Crippen LogP contribution in [0.5, 0.6) is 5.75 Å². The predicted octanol–water partition coefficient (Wildman–Crippen LogP) is 2.35. The van der Waals surface area contributed by atoms with Crippen LogP contribution in [-0.4, -0.2) is 42.1 Å². The molecule has 1 aromatic carbocycles. The number of benzene rings is 1. The maximum Gasteiger partial charge on any atom is 0.308 e. The molecule has 2 rings (SSSR count). The Bertz CT molecular complexity index is 662. The number of carboxylic acid groups (broad SMARTS) is 1. The van der Waals surface area contributed by atoms with Crippen molar-refractivity contribution < 1.29 is 24.2 Å². The summed E-state index contributed by atoms with van der Waals surface area (Å²) in [4.78, 5) is 36.1. The van der Waals surface area contributed by atoms with Crippen LogP contribution in [0.3, 0.4) is 0 Å². The van der Waals surface area contributed by atoms with Crippen LogP contribution < -0.4 is 15.4 Å². The molecule has 27 heavy (non-hydrogen) atoms. The first-order valence-corrected chi connectivity index (χ1v) is 9.55. The van der Waals surface area contributed by atoms with E-state index in [0.717, 1.165) is 25.7 Å². The van der Waals surface area contributed by atoms with Crippen molar-refractivity contribution >= 4 is 17.8 Å². The lowest BCUT2D eigenvalue weighted by molar-refractivity contribution is -0.143. The van der Waals surface area contributed by atoms with Crippen LogP contribution in [0.15, 0.2) is 24.3 Å². The standard InChI is InChI=1S/C20H28N2O5/c1-2-27-17-12-8-7-10-15(17)19(24)21-13-18(23)22-16-11-6-4-3-5-9-14(16)20(25)26/h7-8,10,12,14,16H,2-6,9,11,13H2,1H3,(H,21,24)(H,22,23)(H,25,26). The lowest BCUT2D eigenvalue weighted by Gasteiger charge is -2.27. The number of para-hydroxylation sites is 1. The Hall–Kier alpha value is -2.57. The minimum Gasteiger partial charge on any atom is -0.493 e. The molecule has 0 bridgehead atoms. The number of ether oxygens (including phenoxy) is 1. The smallest absolute Gasteiger partial charge is 0.308 e. The van der Waals surface area contributed by atoms with E-state index in [4.69, 9.17) is 4.74 Å². The zero-order valence-electron chi connectivity index (χ0n) is 15.7. The van der Waals surface area contributed by atoms with Gasteiger partial charge in [0, 0.05) is 6.04 Å².